The lowest BCUT2D eigenvalue weighted by molar-refractivity contribution is -0.121. The third-order valence-electron chi connectivity index (χ3n) is 4.00. The van der Waals surface area contributed by atoms with Gasteiger partial charge >= 0.3 is 0 Å². The van der Waals surface area contributed by atoms with Crippen molar-refractivity contribution in [3.05, 3.63) is 23.8 Å². The standard InChI is InChI=1S/C19H32N2O5S/c1-14(2)16-8-9-17(25-6)18(12-16)27(23,24)21(5)13-19(22)20-10-7-11-26-15(3)4/h8-9,12,14-15H,7,10-11,13H2,1-6H3,(H,20,22). The molecule has 1 N–H and O–H groups in total. The molecule has 1 aromatic carbocycles. The molecule has 7 nitrogen and oxygen atoms in total. The van der Waals surface area contributed by atoms with Crippen molar-refractivity contribution >= 4 is 15.9 Å². The van der Waals surface area contributed by atoms with Gasteiger partial charge in [-0.3, -0.25) is 4.79 Å². The van der Waals surface area contributed by atoms with Crippen LogP contribution in [0.15, 0.2) is 23.1 Å². The van der Waals surface area contributed by atoms with Crippen molar-refractivity contribution in [3.63, 3.8) is 0 Å². The molecule has 0 aliphatic heterocycles. The van der Waals surface area contributed by atoms with Gasteiger partial charge in [-0.2, -0.15) is 4.31 Å². The molecule has 27 heavy (non-hydrogen) atoms. The van der Waals surface area contributed by atoms with Gasteiger partial charge in [0.1, 0.15) is 10.6 Å². The summed E-state index contributed by atoms with van der Waals surface area (Å²) in [6.45, 7) is 8.58. The molecule has 0 unspecified atom stereocenters. The van der Waals surface area contributed by atoms with Crippen molar-refractivity contribution < 1.29 is 22.7 Å². The molecule has 0 aromatic heterocycles. The number of carbonyl (C=O) groups is 1. The van der Waals surface area contributed by atoms with E-state index in [1.807, 2.05) is 33.8 Å². The molecule has 0 fully saturated rings. The Balaban J connectivity index is 2.77. The van der Waals surface area contributed by atoms with E-state index in [2.05, 4.69) is 5.32 Å². The van der Waals surface area contributed by atoms with E-state index in [0.29, 0.717) is 19.6 Å². The lowest BCUT2D eigenvalue weighted by Gasteiger charge is -2.20. The summed E-state index contributed by atoms with van der Waals surface area (Å²) >= 11 is 0. The van der Waals surface area contributed by atoms with Crippen LogP contribution in [0.4, 0.5) is 0 Å². The fraction of sp³-hybridized carbons (Fsp3) is 0.632. The third-order valence-corrected chi connectivity index (χ3v) is 5.83. The largest absolute Gasteiger partial charge is 0.495 e. The normalized spacial score (nSPS) is 12.0. The number of amides is 1. The van der Waals surface area contributed by atoms with Crippen LogP contribution in [0.2, 0.25) is 0 Å². The van der Waals surface area contributed by atoms with Gasteiger partial charge in [0.05, 0.1) is 19.8 Å². The van der Waals surface area contributed by atoms with E-state index >= 15 is 0 Å². The number of carbonyl (C=O) groups excluding carboxylic acids is 1. The van der Waals surface area contributed by atoms with Crippen LogP contribution in [0.1, 0.15) is 45.6 Å². The molecule has 0 saturated heterocycles. The van der Waals surface area contributed by atoms with E-state index in [1.165, 1.54) is 14.2 Å². The van der Waals surface area contributed by atoms with Gasteiger partial charge in [0.2, 0.25) is 15.9 Å². The quantitative estimate of drug-likeness (QED) is 0.577. The molecule has 1 amide bonds. The van der Waals surface area contributed by atoms with E-state index in [-0.39, 0.29) is 35.1 Å². The van der Waals surface area contributed by atoms with Gasteiger partial charge in [0, 0.05) is 20.2 Å². The molecule has 8 heteroatoms. The van der Waals surface area contributed by atoms with Crippen molar-refractivity contribution in [1.29, 1.82) is 0 Å². The van der Waals surface area contributed by atoms with Crippen LogP contribution >= 0.6 is 0 Å². The molecular formula is C19H32N2O5S. The third kappa shape index (κ3) is 7.12. The summed E-state index contributed by atoms with van der Waals surface area (Å²) < 4.78 is 37.5. The molecule has 0 heterocycles. The fourth-order valence-electron chi connectivity index (χ4n) is 2.38. The summed E-state index contributed by atoms with van der Waals surface area (Å²) in [4.78, 5) is 12.1. The number of nitrogens with one attached hydrogen (secondary N) is 1. The van der Waals surface area contributed by atoms with Gasteiger partial charge in [-0.25, -0.2) is 8.42 Å². The Morgan fingerprint density at radius 1 is 1.22 bits per heavy atom. The average Bonchev–Trinajstić information content (AvgIpc) is 2.60. The lowest BCUT2D eigenvalue weighted by Crippen LogP contribution is -2.39. The minimum absolute atomic E-state index is 0.0665. The lowest BCUT2D eigenvalue weighted by atomic mass is 10.0. The van der Waals surface area contributed by atoms with E-state index in [1.54, 1.807) is 12.1 Å². The second-order valence-corrected chi connectivity index (χ2v) is 8.96. The number of hydrogen-bond donors (Lipinski definition) is 1. The van der Waals surface area contributed by atoms with Crippen molar-refractivity contribution in [2.24, 2.45) is 0 Å². The second kappa shape index (κ2) is 10.6. The predicted octanol–water partition coefficient (Wildman–Crippen LogP) is 2.37. The maximum absolute atomic E-state index is 12.9. The van der Waals surface area contributed by atoms with Crippen LogP contribution < -0.4 is 10.1 Å². The Hall–Kier alpha value is -1.64. The molecule has 0 bridgehead atoms. The van der Waals surface area contributed by atoms with Crippen LogP contribution in [0.3, 0.4) is 0 Å². The average molecular weight is 401 g/mol. The van der Waals surface area contributed by atoms with Gasteiger partial charge in [-0.1, -0.05) is 19.9 Å². The zero-order valence-electron chi connectivity index (χ0n) is 17.1. The number of sulfonamides is 1. The highest BCUT2D eigenvalue weighted by Crippen LogP contribution is 2.29. The molecule has 0 aliphatic carbocycles. The number of ether oxygens (including phenoxy) is 2. The molecule has 0 spiro atoms. The van der Waals surface area contributed by atoms with Gasteiger partial charge in [0.25, 0.3) is 0 Å². The van der Waals surface area contributed by atoms with E-state index in [4.69, 9.17) is 9.47 Å². The van der Waals surface area contributed by atoms with E-state index in [9.17, 15) is 13.2 Å². The van der Waals surface area contributed by atoms with Crippen LogP contribution in [-0.2, 0) is 19.6 Å². The minimum Gasteiger partial charge on any atom is -0.495 e. The summed E-state index contributed by atoms with van der Waals surface area (Å²) in [5.74, 6) is 0.0774. The van der Waals surface area contributed by atoms with Crippen LogP contribution in [0, 0.1) is 0 Å². The molecule has 154 valence electrons. The first kappa shape index (κ1) is 23.4. The monoisotopic (exact) mass is 400 g/mol. The highest BCUT2D eigenvalue weighted by molar-refractivity contribution is 7.89. The van der Waals surface area contributed by atoms with Crippen molar-refractivity contribution in [2.75, 3.05) is 33.9 Å². The van der Waals surface area contributed by atoms with Gasteiger partial charge in [-0.05, 0) is 43.9 Å². The number of benzene rings is 1. The predicted molar refractivity (Wildman–Crippen MR) is 106 cm³/mol. The van der Waals surface area contributed by atoms with E-state index < -0.39 is 10.0 Å². The molecule has 0 saturated carbocycles. The van der Waals surface area contributed by atoms with Gasteiger partial charge in [-0.15, -0.1) is 0 Å². The Kier molecular flexibility index (Phi) is 9.21. The van der Waals surface area contributed by atoms with E-state index in [0.717, 1.165) is 9.87 Å². The number of hydrogen-bond acceptors (Lipinski definition) is 5. The maximum atomic E-state index is 12.9. The van der Waals surface area contributed by atoms with Gasteiger partial charge in [0.15, 0.2) is 0 Å². The maximum Gasteiger partial charge on any atom is 0.246 e. The first-order valence-corrected chi connectivity index (χ1v) is 10.6. The molecule has 1 aromatic rings. The Morgan fingerprint density at radius 2 is 1.89 bits per heavy atom. The molecular weight excluding hydrogens is 368 g/mol. The zero-order chi connectivity index (χ0) is 20.6. The summed E-state index contributed by atoms with van der Waals surface area (Å²) in [7, 11) is -1.04. The molecule has 0 aliphatic rings. The molecule has 0 radical (unpaired) electrons. The first-order valence-electron chi connectivity index (χ1n) is 9.12. The fourth-order valence-corrected chi connectivity index (χ4v) is 3.70. The summed E-state index contributed by atoms with van der Waals surface area (Å²) in [6, 6.07) is 5.09. The topological polar surface area (TPSA) is 84.9 Å². The Labute approximate surface area is 163 Å². The highest BCUT2D eigenvalue weighted by atomic mass is 32.2. The van der Waals surface area contributed by atoms with Crippen LogP contribution in [0.25, 0.3) is 0 Å². The summed E-state index contributed by atoms with van der Waals surface area (Å²) in [5, 5.41) is 2.71. The first-order chi connectivity index (χ1) is 12.6. The highest BCUT2D eigenvalue weighted by Gasteiger charge is 2.27. The number of nitrogens with zero attached hydrogens (tertiary/aromatic N) is 1. The smallest absolute Gasteiger partial charge is 0.246 e. The second-order valence-electron chi connectivity index (χ2n) is 6.95. The van der Waals surface area contributed by atoms with Gasteiger partial charge < -0.3 is 14.8 Å². The number of methoxy groups -OCH3 is 1. The van der Waals surface area contributed by atoms with Crippen LogP contribution in [-0.4, -0.2) is 58.6 Å². The molecule has 0 atom stereocenters. The SMILES string of the molecule is COc1ccc(C(C)C)cc1S(=O)(=O)N(C)CC(=O)NCCCOC(C)C. The Bertz CT molecular complexity index is 717. The summed E-state index contributed by atoms with van der Waals surface area (Å²) in [6.07, 6.45) is 0.818. The zero-order valence-corrected chi connectivity index (χ0v) is 17.9. The van der Waals surface area contributed by atoms with Crippen molar-refractivity contribution in [3.8, 4) is 5.75 Å². The number of likely N-dealkylation sites (N-methyl/N-ethyl adjacent to an activating group) is 1. The van der Waals surface area contributed by atoms with Crippen molar-refractivity contribution in [1.82, 2.24) is 9.62 Å². The Morgan fingerprint density at radius 3 is 2.44 bits per heavy atom. The summed E-state index contributed by atoms with van der Waals surface area (Å²) in [5.41, 5.74) is 0.886. The van der Waals surface area contributed by atoms with Crippen molar-refractivity contribution in [2.45, 2.75) is 51.0 Å². The van der Waals surface area contributed by atoms with Crippen LogP contribution in [0.5, 0.6) is 5.75 Å². The molecule has 1 rings (SSSR count). The number of rotatable bonds is 11. The minimum atomic E-state index is -3.86.